The molecule has 0 fully saturated rings. The van der Waals surface area contributed by atoms with Crippen LogP contribution in [0.15, 0.2) is 30.3 Å². The molecule has 0 aliphatic rings. The topological polar surface area (TPSA) is 34.1 Å². The van der Waals surface area contributed by atoms with Gasteiger partial charge < -0.3 is 0 Å². The van der Waals surface area contributed by atoms with Gasteiger partial charge in [-0.3, -0.25) is 9.00 Å². The summed E-state index contributed by atoms with van der Waals surface area (Å²) in [5.41, 5.74) is 0.752. The van der Waals surface area contributed by atoms with E-state index in [0.29, 0.717) is 18.6 Å². The lowest BCUT2D eigenvalue weighted by Gasteiger charge is -2.07. The Balaban J connectivity index is 2.33. The molecule has 2 nitrogen and oxygen atoms in total. The summed E-state index contributed by atoms with van der Waals surface area (Å²) in [6.07, 6.45) is 2.14. The molecular weight excluding hydrogens is 232 g/mol. The Morgan fingerprint density at radius 3 is 2.53 bits per heavy atom. The van der Waals surface area contributed by atoms with E-state index in [-0.39, 0.29) is 11.0 Å². The Morgan fingerprint density at radius 2 is 1.94 bits per heavy atom. The summed E-state index contributed by atoms with van der Waals surface area (Å²) in [5.74, 6) is 0.778. The van der Waals surface area contributed by atoms with Crippen molar-refractivity contribution < 1.29 is 9.00 Å². The van der Waals surface area contributed by atoms with E-state index in [2.05, 4.69) is 0 Å². The third-order valence-corrected chi connectivity index (χ3v) is 4.79. The van der Waals surface area contributed by atoms with Gasteiger partial charge in [0.15, 0.2) is 5.78 Å². The summed E-state index contributed by atoms with van der Waals surface area (Å²) in [6.45, 7) is 4.03. The van der Waals surface area contributed by atoms with E-state index < -0.39 is 10.8 Å². The van der Waals surface area contributed by atoms with Gasteiger partial charge >= 0.3 is 0 Å². The van der Waals surface area contributed by atoms with Crippen LogP contribution in [0.5, 0.6) is 0 Å². The molecule has 0 spiro atoms. The van der Waals surface area contributed by atoms with Crippen molar-refractivity contribution in [3.05, 3.63) is 35.9 Å². The minimum absolute atomic E-state index is 0.145. The van der Waals surface area contributed by atoms with Gasteiger partial charge in [0, 0.05) is 33.8 Å². The standard InChI is InChI=1S/C14H20O2S/c1-3-12(2)17(16)11-7-10-14(15)13-8-5-4-6-9-13/h4-6,8-9,12H,3,7,10-11H2,1-2H3. The van der Waals surface area contributed by atoms with Crippen LogP contribution in [-0.4, -0.2) is 21.0 Å². The zero-order valence-electron chi connectivity index (χ0n) is 10.5. The molecule has 2 atom stereocenters. The summed E-state index contributed by atoms with van der Waals surface area (Å²) in [6, 6.07) is 9.28. The molecule has 0 aromatic heterocycles. The first kappa shape index (κ1) is 14.1. The highest BCUT2D eigenvalue weighted by Gasteiger charge is 2.10. The zero-order chi connectivity index (χ0) is 12.7. The Bertz CT molecular complexity index is 373. The van der Waals surface area contributed by atoms with Crippen LogP contribution in [0.2, 0.25) is 0 Å². The Hall–Kier alpha value is -0.960. The molecule has 0 heterocycles. The van der Waals surface area contributed by atoms with Crippen LogP contribution in [0.4, 0.5) is 0 Å². The SMILES string of the molecule is CCC(C)S(=O)CCCC(=O)c1ccccc1. The number of benzene rings is 1. The lowest BCUT2D eigenvalue weighted by Crippen LogP contribution is -2.13. The minimum atomic E-state index is -0.790. The van der Waals surface area contributed by atoms with Crippen LogP contribution < -0.4 is 0 Å². The van der Waals surface area contributed by atoms with Crippen molar-refractivity contribution in [1.82, 2.24) is 0 Å². The van der Waals surface area contributed by atoms with Gasteiger partial charge in [-0.2, -0.15) is 0 Å². The van der Waals surface area contributed by atoms with Crippen molar-refractivity contribution in [3.8, 4) is 0 Å². The van der Waals surface area contributed by atoms with Crippen LogP contribution >= 0.6 is 0 Å². The van der Waals surface area contributed by atoms with E-state index in [9.17, 15) is 9.00 Å². The van der Waals surface area contributed by atoms with Gasteiger partial charge in [0.05, 0.1) is 0 Å². The molecule has 0 bridgehead atoms. The second-order valence-corrected chi connectivity index (χ2v) is 6.17. The normalized spacial score (nSPS) is 14.2. The maximum absolute atomic E-state index is 11.8. The molecule has 0 aliphatic carbocycles. The number of hydrogen-bond donors (Lipinski definition) is 0. The molecule has 3 heteroatoms. The Labute approximate surface area is 106 Å². The number of rotatable bonds is 7. The first-order valence-electron chi connectivity index (χ1n) is 6.10. The molecule has 1 aromatic carbocycles. The zero-order valence-corrected chi connectivity index (χ0v) is 11.3. The van der Waals surface area contributed by atoms with Crippen molar-refractivity contribution in [2.45, 2.75) is 38.4 Å². The Kier molecular flexibility index (Phi) is 6.12. The second-order valence-electron chi connectivity index (χ2n) is 4.20. The van der Waals surface area contributed by atoms with Gasteiger partial charge in [-0.25, -0.2) is 0 Å². The number of ketones is 1. The third kappa shape index (κ3) is 4.82. The number of carbonyl (C=O) groups is 1. The largest absolute Gasteiger partial charge is 0.294 e. The molecule has 94 valence electrons. The summed E-state index contributed by atoms with van der Waals surface area (Å²) in [5, 5.41) is 0.238. The fraction of sp³-hybridized carbons (Fsp3) is 0.500. The molecule has 0 aliphatic heterocycles. The molecule has 0 radical (unpaired) electrons. The third-order valence-electron chi connectivity index (χ3n) is 2.87. The van der Waals surface area contributed by atoms with Crippen molar-refractivity contribution >= 4 is 16.6 Å². The predicted octanol–water partition coefficient (Wildman–Crippen LogP) is 3.20. The van der Waals surface area contributed by atoms with E-state index in [1.165, 1.54) is 0 Å². The molecule has 0 amide bonds. The van der Waals surface area contributed by atoms with Gasteiger partial charge in [0.2, 0.25) is 0 Å². The number of carbonyl (C=O) groups excluding carboxylic acids is 1. The smallest absolute Gasteiger partial charge is 0.162 e. The molecule has 2 unspecified atom stereocenters. The molecule has 0 saturated heterocycles. The quantitative estimate of drug-likeness (QED) is 0.698. The summed E-state index contributed by atoms with van der Waals surface area (Å²) < 4.78 is 11.7. The van der Waals surface area contributed by atoms with Crippen molar-refractivity contribution in [1.29, 1.82) is 0 Å². The molecule has 0 saturated carbocycles. The van der Waals surface area contributed by atoms with Crippen molar-refractivity contribution in [2.75, 3.05) is 5.75 Å². The predicted molar refractivity (Wildman–Crippen MR) is 72.8 cm³/mol. The van der Waals surface area contributed by atoms with E-state index in [1.807, 2.05) is 44.2 Å². The number of Topliss-reactive ketones (excluding diaryl/α,β-unsaturated/α-hetero) is 1. The van der Waals surface area contributed by atoms with Crippen LogP contribution in [-0.2, 0) is 10.8 Å². The average Bonchev–Trinajstić information content (AvgIpc) is 2.38. The average molecular weight is 252 g/mol. The van der Waals surface area contributed by atoms with Crippen LogP contribution in [0, 0.1) is 0 Å². The fourth-order valence-electron chi connectivity index (χ4n) is 1.53. The van der Waals surface area contributed by atoms with E-state index in [4.69, 9.17) is 0 Å². The first-order chi connectivity index (χ1) is 8.15. The maximum Gasteiger partial charge on any atom is 0.162 e. The van der Waals surface area contributed by atoms with Gasteiger partial charge in [-0.15, -0.1) is 0 Å². The monoisotopic (exact) mass is 252 g/mol. The molecule has 17 heavy (non-hydrogen) atoms. The van der Waals surface area contributed by atoms with Gasteiger partial charge in [0.25, 0.3) is 0 Å². The highest BCUT2D eigenvalue weighted by atomic mass is 32.2. The minimum Gasteiger partial charge on any atom is -0.294 e. The van der Waals surface area contributed by atoms with E-state index in [1.54, 1.807) is 0 Å². The van der Waals surface area contributed by atoms with E-state index in [0.717, 1.165) is 12.0 Å². The van der Waals surface area contributed by atoms with Crippen LogP contribution in [0.1, 0.15) is 43.5 Å². The fourth-order valence-corrected chi connectivity index (χ4v) is 2.73. The highest BCUT2D eigenvalue weighted by Crippen LogP contribution is 2.08. The summed E-state index contributed by atoms with van der Waals surface area (Å²) >= 11 is 0. The molecule has 1 aromatic rings. The van der Waals surface area contributed by atoms with Gasteiger partial charge in [0.1, 0.15) is 0 Å². The summed E-state index contributed by atoms with van der Waals surface area (Å²) in [4.78, 5) is 11.8. The Morgan fingerprint density at radius 1 is 1.29 bits per heavy atom. The molecule has 1 rings (SSSR count). The van der Waals surface area contributed by atoms with Gasteiger partial charge in [-0.05, 0) is 12.8 Å². The van der Waals surface area contributed by atoms with Gasteiger partial charge in [-0.1, -0.05) is 44.2 Å². The maximum atomic E-state index is 11.8. The molecule has 0 N–H and O–H groups in total. The highest BCUT2D eigenvalue weighted by molar-refractivity contribution is 7.85. The molecular formula is C14H20O2S. The van der Waals surface area contributed by atoms with Crippen molar-refractivity contribution in [3.63, 3.8) is 0 Å². The summed E-state index contributed by atoms with van der Waals surface area (Å²) in [7, 11) is -0.790. The van der Waals surface area contributed by atoms with Crippen LogP contribution in [0.3, 0.4) is 0 Å². The lowest BCUT2D eigenvalue weighted by atomic mass is 10.1. The second kappa shape index (κ2) is 7.38. The van der Waals surface area contributed by atoms with Crippen LogP contribution in [0.25, 0.3) is 0 Å². The first-order valence-corrected chi connectivity index (χ1v) is 7.48. The van der Waals surface area contributed by atoms with Crippen molar-refractivity contribution in [2.24, 2.45) is 0 Å². The lowest BCUT2D eigenvalue weighted by molar-refractivity contribution is 0.0982. The number of hydrogen-bond acceptors (Lipinski definition) is 2. The van der Waals surface area contributed by atoms with E-state index >= 15 is 0 Å².